The first-order chi connectivity index (χ1) is 15.0. The number of anilines is 2. The molecule has 4 rings (SSSR count). The Morgan fingerprint density at radius 1 is 1.13 bits per heavy atom. The van der Waals surface area contributed by atoms with Gasteiger partial charge in [-0.05, 0) is 63.2 Å². The minimum atomic E-state index is -0.534. The lowest BCUT2D eigenvalue weighted by Gasteiger charge is -2.31. The molecule has 31 heavy (non-hydrogen) atoms. The van der Waals surface area contributed by atoms with E-state index in [-0.39, 0.29) is 23.5 Å². The van der Waals surface area contributed by atoms with E-state index in [4.69, 9.17) is 4.74 Å². The Bertz CT molecular complexity index is 968. The fourth-order valence-electron chi connectivity index (χ4n) is 4.02. The highest BCUT2D eigenvalue weighted by Gasteiger charge is 2.28. The number of carbonyl (C=O) groups is 3. The molecule has 162 valence electrons. The van der Waals surface area contributed by atoms with Crippen molar-refractivity contribution >= 4 is 29.0 Å². The highest BCUT2D eigenvalue weighted by atomic mass is 16.5. The fraction of sp³-hybridized carbons (Fsp3) is 0.375. The van der Waals surface area contributed by atoms with Crippen molar-refractivity contribution in [1.82, 2.24) is 4.90 Å². The number of amides is 2. The van der Waals surface area contributed by atoms with E-state index in [1.165, 1.54) is 0 Å². The van der Waals surface area contributed by atoms with Crippen molar-refractivity contribution < 1.29 is 19.1 Å². The Balaban J connectivity index is 1.26. The van der Waals surface area contributed by atoms with Gasteiger partial charge in [-0.1, -0.05) is 18.2 Å². The van der Waals surface area contributed by atoms with Gasteiger partial charge >= 0.3 is 0 Å². The first-order valence-corrected chi connectivity index (χ1v) is 10.7. The Hall–Kier alpha value is -3.19. The van der Waals surface area contributed by atoms with E-state index in [1.54, 1.807) is 25.1 Å². The third kappa shape index (κ3) is 5.11. The van der Waals surface area contributed by atoms with Crippen LogP contribution in [0, 0.1) is 5.92 Å². The van der Waals surface area contributed by atoms with Gasteiger partial charge in [0, 0.05) is 30.1 Å². The summed E-state index contributed by atoms with van der Waals surface area (Å²) in [6.45, 7) is 3.95. The van der Waals surface area contributed by atoms with Gasteiger partial charge in [0.05, 0.1) is 5.69 Å². The molecule has 2 amide bonds. The molecule has 0 radical (unpaired) electrons. The first-order valence-electron chi connectivity index (χ1n) is 10.7. The monoisotopic (exact) mass is 421 g/mol. The van der Waals surface area contributed by atoms with E-state index in [0.717, 1.165) is 31.6 Å². The zero-order valence-electron chi connectivity index (χ0n) is 17.6. The van der Waals surface area contributed by atoms with Crippen molar-refractivity contribution in [2.24, 2.45) is 5.92 Å². The number of hydrogen-bond acceptors (Lipinski definition) is 5. The van der Waals surface area contributed by atoms with Crippen LogP contribution in [0.4, 0.5) is 11.4 Å². The van der Waals surface area contributed by atoms with E-state index in [9.17, 15) is 14.4 Å². The number of likely N-dealkylation sites (tertiary alicyclic amines) is 1. The van der Waals surface area contributed by atoms with Crippen LogP contribution in [0.5, 0.6) is 5.75 Å². The van der Waals surface area contributed by atoms with Crippen LogP contribution in [0.25, 0.3) is 0 Å². The number of fused-ring (bicyclic) bond motifs is 1. The summed E-state index contributed by atoms with van der Waals surface area (Å²) in [5, 5.41) is 5.70. The van der Waals surface area contributed by atoms with Crippen molar-refractivity contribution in [1.29, 1.82) is 0 Å². The van der Waals surface area contributed by atoms with E-state index < -0.39 is 6.10 Å². The maximum atomic E-state index is 13.0. The molecule has 0 bridgehead atoms. The fourth-order valence-corrected chi connectivity index (χ4v) is 4.02. The van der Waals surface area contributed by atoms with Crippen molar-refractivity contribution in [2.75, 3.05) is 30.3 Å². The Labute approximate surface area is 181 Å². The zero-order valence-corrected chi connectivity index (χ0v) is 17.6. The molecule has 2 aromatic rings. The Kier molecular flexibility index (Phi) is 6.32. The van der Waals surface area contributed by atoms with Crippen molar-refractivity contribution in [3.05, 3.63) is 54.1 Å². The normalized spacial score (nSPS) is 19.1. The molecular weight excluding hydrogens is 394 g/mol. The number of para-hydroxylation sites is 1. The smallest absolute Gasteiger partial charge is 0.265 e. The highest BCUT2D eigenvalue weighted by molar-refractivity contribution is 6.02. The van der Waals surface area contributed by atoms with Gasteiger partial charge in [0.2, 0.25) is 5.91 Å². The molecule has 2 aliphatic heterocycles. The molecule has 2 N–H and O–H groups in total. The summed E-state index contributed by atoms with van der Waals surface area (Å²) < 4.78 is 5.56. The lowest BCUT2D eigenvalue weighted by Crippen LogP contribution is -2.38. The van der Waals surface area contributed by atoms with Gasteiger partial charge in [0.25, 0.3) is 5.91 Å². The molecule has 0 aromatic heterocycles. The number of piperidine rings is 1. The molecule has 0 aliphatic carbocycles. The topological polar surface area (TPSA) is 87.7 Å². The molecule has 2 aliphatic rings. The van der Waals surface area contributed by atoms with Gasteiger partial charge in [-0.3, -0.25) is 14.4 Å². The Morgan fingerprint density at radius 3 is 2.61 bits per heavy atom. The maximum Gasteiger partial charge on any atom is 0.265 e. The minimum absolute atomic E-state index is 0.00274. The summed E-state index contributed by atoms with van der Waals surface area (Å²) in [4.78, 5) is 39.2. The number of rotatable bonds is 6. The molecule has 7 nitrogen and oxygen atoms in total. The summed E-state index contributed by atoms with van der Waals surface area (Å²) in [6.07, 6.45) is 1.41. The molecular formula is C24H27N3O4. The van der Waals surface area contributed by atoms with Gasteiger partial charge in [0.1, 0.15) is 5.75 Å². The largest absolute Gasteiger partial charge is 0.479 e. The van der Waals surface area contributed by atoms with Gasteiger partial charge in [-0.25, -0.2) is 0 Å². The van der Waals surface area contributed by atoms with E-state index in [0.29, 0.717) is 30.0 Å². The molecule has 0 saturated carbocycles. The summed E-state index contributed by atoms with van der Waals surface area (Å²) in [5.41, 5.74) is 1.95. The van der Waals surface area contributed by atoms with Crippen LogP contribution < -0.4 is 15.4 Å². The molecule has 0 spiro atoms. The lowest BCUT2D eigenvalue weighted by atomic mass is 9.88. The zero-order chi connectivity index (χ0) is 21.8. The molecule has 1 atom stereocenters. The molecule has 2 heterocycles. The van der Waals surface area contributed by atoms with Crippen LogP contribution in [-0.4, -0.2) is 48.2 Å². The average molecular weight is 421 g/mol. The molecule has 1 saturated heterocycles. The third-order valence-electron chi connectivity index (χ3n) is 5.87. The second-order valence-corrected chi connectivity index (χ2v) is 8.10. The van der Waals surface area contributed by atoms with Crippen LogP contribution in [0.3, 0.4) is 0 Å². The average Bonchev–Trinajstić information content (AvgIpc) is 2.79. The van der Waals surface area contributed by atoms with Crippen LogP contribution in [-0.2, 0) is 9.59 Å². The van der Waals surface area contributed by atoms with Crippen molar-refractivity contribution in [3.63, 3.8) is 0 Å². The third-order valence-corrected chi connectivity index (χ3v) is 5.87. The number of carbonyl (C=O) groups excluding carboxylic acids is 3. The second kappa shape index (κ2) is 9.31. The number of nitrogens with one attached hydrogen (secondary N) is 2. The SMILES string of the molecule is CC1Oc2ccc(C(=O)C3CCN(CCC(=O)Nc4ccccc4)CC3)cc2NC1=O. The molecule has 2 aromatic carbocycles. The lowest BCUT2D eigenvalue weighted by molar-refractivity contribution is -0.122. The van der Waals surface area contributed by atoms with E-state index >= 15 is 0 Å². The number of benzene rings is 2. The highest BCUT2D eigenvalue weighted by Crippen LogP contribution is 2.32. The number of nitrogens with zero attached hydrogens (tertiary/aromatic N) is 1. The number of ketones is 1. The molecule has 1 unspecified atom stereocenters. The minimum Gasteiger partial charge on any atom is -0.479 e. The second-order valence-electron chi connectivity index (χ2n) is 8.10. The van der Waals surface area contributed by atoms with Crippen LogP contribution in [0.1, 0.15) is 36.5 Å². The summed E-state index contributed by atoms with van der Waals surface area (Å²) in [5.74, 6) is 0.426. The van der Waals surface area contributed by atoms with Gasteiger partial charge in [0.15, 0.2) is 11.9 Å². The summed E-state index contributed by atoms with van der Waals surface area (Å²) >= 11 is 0. The van der Waals surface area contributed by atoms with E-state index in [2.05, 4.69) is 15.5 Å². The van der Waals surface area contributed by atoms with Crippen molar-refractivity contribution in [2.45, 2.75) is 32.3 Å². The van der Waals surface area contributed by atoms with Gasteiger partial charge in [-0.15, -0.1) is 0 Å². The number of Topliss-reactive ketones (excluding diaryl/α,β-unsaturated/α-hetero) is 1. The number of ether oxygens (including phenoxy) is 1. The summed E-state index contributed by atoms with van der Waals surface area (Å²) in [6, 6.07) is 14.7. The van der Waals surface area contributed by atoms with Gasteiger partial charge < -0.3 is 20.3 Å². The van der Waals surface area contributed by atoms with Crippen LogP contribution in [0.15, 0.2) is 48.5 Å². The standard InChI is InChI=1S/C24H27N3O4/c1-16-24(30)26-20-15-18(7-8-21(20)31-16)23(29)17-9-12-27(13-10-17)14-11-22(28)25-19-5-3-2-4-6-19/h2-8,15-17H,9-14H2,1H3,(H,25,28)(H,26,30). The first kappa shape index (κ1) is 21.1. The number of hydrogen-bond donors (Lipinski definition) is 2. The predicted molar refractivity (Wildman–Crippen MR) is 118 cm³/mol. The quantitative estimate of drug-likeness (QED) is 0.699. The predicted octanol–water partition coefficient (Wildman–Crippen LogP) is 3.33. The van der Waals surface area contributed by atoms with Gasteiger partial charge in [-0.2, -0.15) is 0 Å². The van der Waals surface area contributed by atoms with E-state index in [1.807, 2.05) is 30.3 Å². The van der Waals surface area contributed by atoms with Crippen molar-refractivity contribution in [3.8, 4) is 5.75 Å². The maximum absolute atomic E-state index is 13.0. The molecule has 1 fully saturated rings. The Morgan fingerprint density at radius 2 is 1.87 bits per heavy atom. The summed E-state index contributed by atoms with van der Waals surface area (Å²) in [7, 11) is 0. The van der Waals surface area contributed by atoms with Crippen LogP contribution in [0.2, 0.25) is 0 Å². The van der Waals surface area contributed by atoms with Crippen LogP contribution >= 0.6 is 0 Å². The molecule has 7 heteroatoms.